The van der Waals surface area contributed by atoms with Gasteiger partial charge in [0.2, 0.25) is 0 Å². The number of ketones is 1. The minimum absolute atomic E-state index is 0.257. The summed E-state index contributed by atoms with van der Waals surface area (Å²) in [6.45, 7) is 4.03. The predicted molar refractivity (Wildman–Crippen MR) is 66.4 cm³/mol. The Balaban J connectivity index is 3.49. The highest BCUT2D eigenvalue weighted by Crippen LogP contribution is 2.54. The van der Waals surface area contributed by atoms with Crippen molar-refractivity contribution in [2.45, 2.75) is 43.3 Å². The Morgan fingerprint density at radius 3 is 1.68 bits per heavy atom. The molecule has 0 saturated carbocycles. The van der Waals surface area contributed by atoms with Gasteiger partial charge in [-0.2, -0.15) is 30.7 Å². The van der Waals surface area contributed by atoms with Gasteiger partial charge in [0, 0.05) is 0 Å². The van der Waals surface area contributed by atoms with Crippen molar-refractivity contribution in [1.29, 1.82) is 0 Å². The van der Waals surface area contributed by atoms with E-state index in [4.69, 9.17) is 4.43 Å². The summed E-state index contributed by atoms with van der Waals surface area (Å²) in [7, 11) is -2.98. The van der Waals surface area contributed by atoms with Crippen LogP contribution < -0.4 is 0 Å². The van der Waals surface area contributed by atoms with Gasteiger partial charge in [-0.1, -0.05) is 0 Å². The van der Waals surface area contributed by atoms with Crippen molar-refractivity contribution in [2.75, 3.05) is 0 Å². The number of hydrogen-bond donors (Lipinski definition) is 0. The van der Waals surface area contributed by atoms with Crippen LogP contribution in [0.1, 0.15) is 0 Å². The number of allylic oxidation sites excluding steroid dienone is 2. The van der Waals surface area contributed by atoms with E-state index in [1.165, 1.54) is 19.6 Å². The van der Waals surface area contributed by atoms with E-state index in [1.54, 1.807) is 0 Å². The highest BCUT2D eigenvalue weighted by Gasteiger charge is 2.79. The van der Waals surface area contributed by atoms with Crippen molar-refractivity contribution in [3.63, 3.8) is 0 Å². The van der Waals surface area contributed by atoms with Crippen LogP contribution in [0.2, 0.25) is 19.6 Å². The van der Waals surface area contributed by atoms with Crippen LogP contribution in [0.25, 0.3) is 0 Å². The van der Waals surface area contributed by atoms with Gasteiger partial charge in [0.25, 0.3) is 0 Å². The Labute approximate surface area is 122 Å². The average molecular weight is 350 g/mol. The lowest BCUT2D eigenvalue weighted by atomic mass is 9.86. The number of carbonyl (C=O) groups excluding carboxylic acids is 1. The molecule has 10 heteroatoms. The molecule has 0 N–H and O–H groups in total. The first-order valence-corrected chi connectivity index (χ1v) is 9.41. The van der Waals surface area contributed by atoms with Crippen molar-refractivity contribution in [1.82, 2.24) is 0 Å². The second-order valence-electron chi connectivity index (χ2n) is 5.72. The van der Waals surface area contributed by atoms with Gasteiger partial charge in [-0.25, -0.2) is 0 Å². The van der Waals surface area contributed by atoms with Crippen LogP contribution in [0.15, 0.2) is 24.3 Å². The molecule has 0 fully saturated rings. The summed E-state index contributed by atoms with van der Waals surface area (Å²) in [5.74, 6) is -12.8. The third-order valence-corrected chi connectivity index (χ3v) is 3.66. The van der Waals surface area contributed by atoms with Crippen LogP contribution in [0.3, 0.4) is 0 Å². The van der Waals surface area contributed by atoms with E-state index in [2.05, 4.69) is 0 Å². The Morgan fingerprint density at radius 2 is 1.36 bits per heavy atom. The maximum Gasteiger partial charge on any atom is 0.460 e. The van der Waals surface area contributed by atoms with E-state index in [1.807, 2.05) is 0 Å². The maximum atomic E-state index is 14.1. The summed E-state index contributed by atoms with van der Waals surface area (Å²) < 4.78 is 96.9. The Hall–Kier alpha value is -1.16. The molecule has 22 heavy (non-hydrogen) atoms. The van der Waals surface area contributed by atoms with Crippen molar-refractivity contribution >= 4 is 14.1 Å². The molecule has 0 bridgehead atoms. The molecule has 1 aliphatic carbocycles. The lowest BCUT2D eigenvalue weighted by molar-refractivity contribution is -0.374. The summed E-state index contributed by atoms with van der Waals surface area (Å²) in [5, 5.41) is 0. The SMILES string of the molecule is C[Si](C)(C)OC1(C(F)(F)C(F)(F)C(F)(F)F)C=CC(=O)C=C1. The smallest absolute Gasteiger partial charge is 0.400 e. The molecule has 1 rings (SSSR count). The van der Waals surface area contributed by atoms with Gasteiger partial charge >= 0.3 is 18.0 Å². The second kappa shape index (κ2) is 5.19. The van der Waals surface area contributed by atoms with Crippen LogP contribution in [0.5, 0.6) is 0 Å². The maximum absolute atomic E-state index is 14.1. The predicted octanol–water partition coefficient (Wildman–Crippen LogP) is 4.10. The van der Waals surface area contributed by atoms with E-state index >= 15 is 0 Å². The third-order valence-electron chi connectivity index (χ3n) is 2.71. The lowest BCUT2D eigenvalue weighted by Crippen LogP contribution is -2.65. The highest BCUT2D eigenvalue weighted by atomic mass is 28.4. The summed E-state index contributed by atoms with van der Waals surface area (Å²) in [4.78, 5) is 11.0. The molecule has 0 aliphatic heterocycles. The third kappa shape index (κ3) is 3.12. The average Bonchev–Trinajstić information content (AvgIpc) is 2.28. The van der Waals surface area contributed by atoms with E-state index < -0.39 is 37.7 Å². The second-order valence-corrected chi connectivity index (χ2v) is 10.2. The molecule has 0 amide bonds. The van der Waals surface area contributed by atoms with Crippen molar-refractivity contribution in [2.24, 2.45) is 0 Å². The molecule has 1 aliphatic rings. The summed E-state index contributed by atoms with van der Waals surface area (Å²) >= 11 is 0. The highest BCUT2D eigenvalue weighted by molar-refractivity contribution is 6.69. The molecular formula is C12H13F7O2Si. The van der Waals surface area contributed by atoms with Gasteiger partial charge in [-0.3, -0.25) is 4.79 Å². The summed E-state index contributed by atoms with van der Waals surface area (Å²) in [5.41, 5.74) is -3.34. The zero-order chi connectivity index (χ0) is 17.6. The number of halogens is 7. The molecule has 0 saturated heterocycles. The number of alkyl halides is 7. The van der Waals surface area contributed by atoms with Crippen molar-refractivity contribution in [3.05, 3.63) is 24.3 Å². The van der Waals surface area contributed by atoms with Gasteiger partial charge in [-0.05, 0) is 43.9 Å². The molecule has 0 aromatic heterocycles. The molecule has 0 aromatic carbocycles. The fourth-order valence-electron chi connectivity index (χ4n) is 1.79. The van der Waals surface area contributed by atoms with E-state index in [-0.39, 0.29) is 12.2 Å². The van der Waals surface area contributed by atoms with Gasteiger partial charge < -0.3 is 4.43 Å². The monoisotopic (exact) mass is 350 g/mol. The Kier molecular flexibility index (Phi) is 4.45. The number of carbonyl (C=O) groups is 1. The molecule has 126 valence electrons. The van der Waals surface area contributed by atoms with Gasteiger partial charge in [0.1, 0.15) is 0 Å². The van der Waals surface area contributed by atoms with E-state index in [9.17, 15) is 35.5 Å². The fourth-order valence-corrected chi connectivity index (χ4v) is 3.07. The van der Waals surface area contributed by atoms with Crippen molar-refractivity contribution in [3.8, 4) is 0 Å². The fraction of sp³-hybridized carbons (Fsp3) is 0.583. The zero-order valence-electron chi connectivity index (χ0n) is 11.8. The molecule has 2 nitrogen and oxygen atoms in total. The van der Waals surface area contributed by atoms with Gasteiger partial charge in [-0.15, -0.1) is 0 Å². The van der Waals surface area contributed by atoms with Gasteiger partial charge in [0.05, 0.1) is 0 Å². The molecule has 0 radical (unpaired) electrons. The van der Waals surface area contributed by atoms with Crippen LogP contribution in [-0.2, 0) is 9.22 Å². The topological polar surface area (TPSA) is 26.3 Å². The largest absolute Gasteiger partial charge is 0.460 e. The molecular weight excluding hydrogens is 337 g/mol. The molecule has 0 aromatic rings. The van der Waals surface area contributed by atoms with Crippen LogP contribution in [-0.4, -0.2) is 37.7 Å². The zero-order valence-corrected chi connectivity index (χ0v) is 12.8. The lowest BCUT2D eigenvalue weighted by Gasteiger charge is -2.44. The molecule has 0 unspecified atom stereocenters. The minimum atomic E-state index is -6.48. The Bertz CT molecular complexity index is 499. The van der Waals surface area contributed by atoms with Crippen LogP contribution >= 0.6 is 0 Å². The van der Waals surface area contributed by atoms with Crippen LogP contribution in [0.4, 0.5) is 30.7 Å². The summed E-state index contributed by atoms with van der Waals surface area (Å²) in [6.07, 6.45) is -4.99. The first-order chi connectivity index (χ1) is 9.56. The first-order valence-electron chi connectivity index (χ1n) is 6.01. The normalized spacial score (nSPS) is 19.6. The van der Waals surface area contributed by atoms with Crippen LogP contribution in [0, 0.1) is 0 Å². The standard InChI is InChI=1S/C12H13F7O2Si/c1-22(2,3)21-9(6-4-8(20)5-7-9)10(13,14)11(15,16)12(17,18)19/h4-7H,1-3H3. The molecule has 0 atom stereocenters. The minimum Gasteiger partial charge on any atom is -0.400 e. The first kappa shape index (κ1) is 18.9. The van der Waals surface area contributed by atoms with Gasteiger partial charge in [0.15, 0.2) is 19.7 Å². The summed E-state index contributed by atoms with van der Waals surface area (Å²) in [6, 6.07) is 0. The Morgan fingerprint density at radius 1 is 0.955 bits per heavy atom. The van der Waals surface area contributed by atoms with E-state index in [0.29, 0.717) is 12.2 Å². The van der Waals surface area contributed by atoms with E-state index in [0.717, 1.165) is 0 Å². The molecule has 0 spiro atoms. The quantitative estimate of drug-likeness (QED) is 0.564. The molecule has 0 heterocycles. The number of hydrogen-bond acceptors (Lipinski definition) is 2. The number of rotatable bonds is 4. The van der Waals surface area contributed by atoms with Crippen molar-refractivity contribution < 1.29 is 40.0 Å².